The van der Waals surface area contributed by atoms with E-state index in [0.717, 1.165) is 34.4 Å². The second kappa shape index (κ2) is 7.23. The molecule has 4 rings (SSSR count). The van der Waals surface area contributed by atoms with Gasteiger partial charge in [-0.2, -0.15) is 0 Å². The molecule has 1 aromatic heterocycles. The van der Waals surface area contributed by atoms with E-state index in [4.69, 9.17) is 0 Å². The zero-order valence-electron chi connectivity index (χ0n) is 15.3. The predicted octanol–water partition coefficient (Wildman–Crippen LogP) is 3.36. The van der Waals surface area contributed by atoms with Crippen molar-refractivity contribution in [3.63, 3.8) is 0 Å². The van der Waals surface area contributed by atoms with Crippen LogP contribution in [0, 0.1) is 0 Å². The first-order valence-electron chi connectivity index (χ1n) is 9.28. The molecule has 0 saturated heterocycles. The average molecular weight is 362 g/mol. The van der Waals surface area contributed by atoms with Gasteiger partial charge in [0, 0.05) is 37.3 Å². The van der Waals surface area contributed by atoms with Gasteiger partial charge in [0.2, 0.25) is 11.8 Å². The Morgan fingerprint density at radius 1 is 1.19 bits per heavy atom. The summed E-state index contributed by atoms with van der Waals surface area (Å²) in [5.74, 6) is 0.126. The summed E-state index contributed by atoms with van der Waals surface area (Å²) in [6, 6.07) is 13.7. The van der Waals surface area contributed by atoms with E-state index in [1.54, 1.807) is 11.2 Å². The maximum Gasteiger partial charge on any atom is 0.227 e. The molecule has 0 atom stereocenters. The number of carbonyl (C=O) groups excluding carboxylic acids is 2. The second-order valence-electron chi connectivity index (χ2n) is 6.71. The lowest BCUT2D eigenvalue weighted by Gasteiger charge is -2.28. The number of amides is 2. The summed E-state index contributed by atoms with van der Waals surface area (Å²) in [6.45, 7) is 3.22. The van der Waals surface area contributed by atoms with Gasteiger partial charge in [0.15, 0.2) is 0 Å². The van der Waals surface area contributed by atoms with Gasteiger partial charge in [-0.15, -0.1) is 0 Å². The van der Waals surface area contributed by atoms with Crippen molar-refractivity contribution in [2.75, 3.05) is 16.8 Å². The van der Waals surface area contributed by atoms with E-state index in [-0.39, 0.29) is 11.8 Å². The van der Waals surface area contributed by atoms with Gasteiger partial charge in [0.05, 0.1) is 17.4 Å². The third kappa shape index (κ3) is 3.43. The zero-order chi connectivity index (χ0) is 18.8. The molecule has 0 spiro atoms. The topological polar surface area (TPSA) is 67.2 Å². The molecule has 0 saturated carbocycles. The molecule has 6 nitrogen and oxygen atoms in total. The lowest BCUT2D eigenvalue weighted by atomic mass is 10.0. The van der Waals surface area contributed by atoms with Crippen LogP contribution in [0.15, 0.2) is 48.8 Å². The van der Waals surface area contributed by atoms with Crippen LogP contribution in [0.4, 0.5) is 11.4 Å². The third-order valence-corrected chi connectivity index (χ3v) is 4.99. The van der Waals surface area contributed by atoms with E-state index in [1.807, 2.05) is 54.0 Å². The van der Waals surface area contributed by atoms with Gasteiger partial charge in [-0.1, -0.05) is 12.1 Å². The van der Waals surface area contributed by atoms with Crippen molar-refractivity contribution >= 4 is 34.2 Å². The number of aryl methyl sites for hydroxylation is 2. The predicted molar refractivity (Wildman–Crippen MR) is 106 cm³/mol. The largest absolute Gasteiger partial charge is 0.330 e. The number of aromatic nitrogens is 2. The third-order valence-electron chi connectivity index (χ3n) is 4.99. The molecule has 0 fully saturated rings. The van der Waals surface area contributed by atoms with Crippen molar-refractivity contribution in [2.45, 2.75) is 32.7 Å². The Balaban J connectivity index is 1.42. The summed E-state index contributed by atoms with van der Waals surface area (Å²) in [4.78, 5) is 30.5. The van der Waals surface area contributed by atoms with Crippen LogP contribution in [0.1, 0.15) is 25.3 Å². The number of hydrogen-bond donors (Lipinski definition) is 1. The molecule has 27 heavy (non-hydrogen) atoms. The van der Waals surface area contributed by atoms with Crippen LogP contribution in [0.5, 0.6) is 0 Å². The molecule has 1 aliphatic heterocycles. The highest BCUT2D eigenvalue weighted by atomic mass is 16.2. The first-order valence-corrected chi connectivity index (χ1v) is 9.28. The highest BCUT2D eigenvalue weighted by Gasteiger charge is 2.22. The quantitative estimate of drug-likeness (QED) is 0.757. The fourth-order valence-electron chi connectivity index (χ4n) is 3.62. The van der Waals surface area contributed by atoms with Crippen LogP contribution >= 0.6 is 0 Å². The lowest BCUT2D eigenvalue weighted by molar-refractivity contribution is -0.119. The fraction of sp³-hybridized carbons (Fsp3) is 0.286. The molecule has 0 unspecified atom stereocenters. The lowest BCUT2D eigenvalue weighted by Crippen LogP contribution is -2.34. The smallest absolute Gasteiger partial charge is 0.227 e. The number of anilines is 2. The maximum atomic E-state index is 12.4. The van der Waals surface area contributed by atoms with Crippen LogP contribution < -0.4 is 10.2 Å². The molecule has 3 aromatic rings. The second-order valence-corrected chi connectivity index (χ2v) is 6.71. The Labute approximate surface area is 157 Å². The molecular formula is C21H22N4O2. The van der Waals surface area contributed by atoms with Gasteiger partial charge in [-0.25, -0.2) is 4.98 Å². The van der Waals surface area contributed by atoms with Crippen LogP contribution in [0.2, 0.25) is 0 Å². The number of nitrogens with zero attached hydrogens (tertiary/aromatic N) is 3. The van der Waals surface area contributed by atoms with Crippen molar-refractivity contribution in [1.82, 2.24) is 9.55 Å². The van der Waals surface area contributed by atoms with Crippen molar-refractivity contribution in [2.24, 2.45) is 0 Å². The zero-order valence-corrected chi connectivity index (χ0v) is 15.3. The molecule has 2 heterocycles. The monoisotopic (exact) mass is 362 g/mol. The molecule has 0 radical (unpaired) electrons. The number of rotatable bonds is 5. The first kappa shape index (κ1) is 17.3. The van der Waals surface area contributed by atoms with Crippen LogP contribution in [-0.2, 0) is 22.6 Å². The molecular weight excluding hydrogens is 340 g/mol. The van der Waals surface area contributed by atoms with Gasteiger partial charge in [-0.3, -0.25) is 9.59 Å². The summed E-state index contributed by atoms with van der Waals surface area (Å²) in [5, 5.41) is 2.97. The van der Waals surface area contributed by atoms with E-state index in [0.29, 0.717) is 25.9 Å². The van der Waals surface area contributed by atoms with Gasteiger partial charge >= 0.3 is 0 Å². The Hall–Kier alpha value is -3.15. The first-order chi connectivity index (χ1) is 13.2. The Bertz CT molecular complexity index is 1010. The molecule has 0 aliphatic carbocycles. The van der Waals surface area contributed by atoms with Crippen molar-refractivity contribution in [1.29, 1.82) is 0 Å². The number of fused-ring (bicyclic) bond motifs is 2. The standard InChI is InChI=1S/C21H22N4O2/c1-2-25-18-9-8-16(13-15(18)7-10-21(25)27)23-20(26)11-12-24-14-22-17-5-3-4-6-19(17)24/h3-6,8-9,13-14H,2,7,10-12H2,1H3,(H,23,26). The number of benzene rings is 2. The van der Waals surface area contributed by atoms with Crippen LogP contribution in [-0.4, -0.2) is 27.9 Å². The molecule has 138 valence electrons. The fourth-order valence-corrected chi connectivity index (χ4v) is 3.62. The highest BCUT2D eigenvalue weighted by molar-refractivity contribution is 5.97. The van der Waals surface area contributed by atoms with E-state index >= 15 is 0 Å². The number of imidazole rings is 1. The van der Waals surface area contributed by atoms with Crippen molar-refractivity contribution in [3.8, 4) is 0 Å². The van der Waals surface area contributed by atoms with Gasteiger partial charge < -0.3 is 14.8 Å². The summed E-state index contributed by atoms with van der Waals surface area (Å²) in [5.41, 5.74) is 4.80. The number of hydrogen-bond acceptors (Lipinski definition) is 3. The number of nitrogens with one attached hydrogen (secondary N) is 1. The number of carbonyl (C=O) groups is 2. The van der Waals surface area contributed by atoms with E-state index in [1.165, 1.54) is 0 Å². The minimum Gasteiger partial charge on any atom is -0.330 e. The summed E-state index contributed by atoms with van der Waals surface area (Å²) < 4.78 is 1.99. The van der Waals surface area contributed by atoms with Gasteiger partial charge in [0.1, 0.15) is 0 Å². The number of para-hydroxylation sites is 2. The van der Waals surface area contributed by atoms with E-state index in [2.05, 4.69) is 10.3 Å². The van der Waals surface area contributed by atoms with Gasteiger partial charge in [-0.05, 0) is 49.2 Å². The molecule has 2 amide bonds. The van der Waals surface area contributed by atoms with Crippen molar-refractivity contribution < 1.29 is 9.59 Å². The molecule has 1 N–H and O–H groups in total. The molecule has 6 heteroatoms. The Morgan fingerprint density at radius 2 is 2.04 bits per heavy atom. The Morgan fingerprint density at radius 3 is 2.89 bits per heavy atom. The minimum absolute atomic E-state index is 0.0352. The maximum absolute atomic E-state index is 12.4. The summed E-state index contributed by atoms with van der Waals surface area (Å²) >= 11 is 0. The minimum atomic E-state index is -0.0352. The van der Waals surface area contributed by atoms with Gasteiger partial charge in [0.25, 0.3) is 0 Å². The van der Waals surface area contributed by atoms with E-state index < -0.39 is 0 Å². The molecule has 1 aliphatic rings. The normalized spacial score (nSPS) is 13.7. The summed E-state index contributed by atoms with van der Waals surface area (Å²) in [6.07, 6.45) is 3.38. The SMILES string of the molecule is CCN1C(=O)CCc2cc(NC(=O)CCn3cnc4ccccc43)ccc21. The van der Waals surface area contributed by atoms with Crippen LogP contribution in [0.3, 0.4) is 0 Å². The van der Waals surface area contributed by atoms with Crippen LogP contribution in [0.25, 0.3) is 11.0 Å². The Kier molecular flexibility index (Phi) is 4.62. The molecule has 0 bridgehead atoms. The van der Waals surface area contributed by atoms with E-state index in [9.17, 15) is 9.59 Å². The average Bonchev–Trinajstić information content (AvgIpc) is 3.10. The highest BCUT2D eigenvalue weighted by Crippen LogP contribution is 2.30. The molecule has 2 aromatic carbocycles. The van der Waals surface area contributed by atoms with Crippen molar-refractivity contribution in [3.05, 3.63) is 54.4 Å². The summed E-state index contributed by atoms with van der Waals surface area (Å²) in [7, 11) is 0.